The molecule has 2 heterocycles. The van der Waals surface area contributed by atoms with Crippen LogP contribution in [0.15, 0.2) is 42.5 Å². The molecule has 2 fully saturated rings. The highest BCUT2D eigenvalue weighted by Crippen LogP contribution is 2.45. The first-order chi connectivity index (χ1) is 14.4. The Kier molecular flexibility index (Phi) is 5.47. The standard InChI is InChI=1S/C23H26FN3O3/c1-14-8-16(6-7-20(14)30-2)23(29)27-11-17-10-26(13-21(25)28)12-19(17)22(27)15-4-3-5-18(24)9-15/h3-9,17,19,22H,10-13H2,1-2H3,(H2,25,28)/t17-,19-,22-/m0/s1. The van der Waals surface area contributed by atoms with Gasteiger partial charge in [-0.1, -0.05) is 12.1 Å². The summed E-state index contributed by atoms with van der Waals surface area (Å²) in [6, 6.07) is 11.6. The maximum atomic E-state index is 14.0. The summed E-state index contributed by atoms with van der Waals surface area (Å²) in [4.78, 5) is 28.7. The van der Waals surface area contributed by atoms with Crippen LogP contribution >= 0.6 is 0 Å². The number of ether oxygens (including phenoxy) is 1. The average molecular weight is 411 g/mol. The van der Waals surface area contributed by atoms with Gasteiger partial charge in [-0.3, -0.25) is 14.5 Å². The Hall–Kier alpha value is -2.93. The first kappa shape index (κ1) is 20.3. The summed E-state index contributed by atoms with van der Waals surface area (Å²) in [5.41, 5.74) is 7.63. The summed E-state index contributed by atoms with van der Waals surface area (Å²) in [6.07, 6.45) is 0. The van der Waals surface area contributed by atoms with Crippen LogP contribution in [0, 0.1) is 24.6 Å². The van der Waals surface area contributed by atoms with Crippen LogP contribution in [-0.4, -0.2) is 54.9 Å². The number of amides is 2. The molecule has 0 radical (unpaired) electrons. The van der Waals surface area contributed by atoms with Crippen LogP contribution in [0.5, 0.6) is 5.75 Å². The molecule has 30 heavy (non-hydrogen) atoms. The van der Waals surface area contributed by atoms with E-state index in [-0.39, 0.29) is 42.1 Å². The Morgan fingerprint density at radius 3 is 2.63 bits per heavy atom. The van der Waals surface area contributed by atoms with Crippen LogP contribution in [0.3, 0.4) is 0 Å². The highest BCUT2D eigenvalue weighted by molar-refractivity contribution is 5.95. The van der Waals surface area contributed by atoms with Crippen LogP contribution in [0.2, 0.25) is 0 Å². The first-order valence-electron chi connectivity index (χ1n) is 10.1. The molecule has 2 aromatic rings. The molecule has 2 amide bonds. The van der Waals surface area contributed by atoms with E-state index in [1.165, 1.54) is 12.1 Å². The number of carbonyl (C=O) groups excluding carboxylic acids is 2. The number of halogens is 1. The van der Waals surface area contributed by atoms with Gasteiger partial charge in [0.05, 0.1) is 19.7 Å². The monoisotopic (exact) mass is 411 g/mol. The Labute approximate surface area is 175 Å². The second-order valence-electron chi connectivity index (χ2n) is 8.23. The summed E-state index contributed by atoms with van der Waals surface area (Å²) >= 11 is 0. The number of benzene rings is 2. The predicted octanol–water partition coefficient (Wildman–Crippen LogP) is 2.37. The molecule has 3 atom stereocenters. The highest BCUT2D eigenvalue weighted by Gasteiger charge is 2.49. The number of nitrogens with zero attached hydrogens (tertiary/aromatic N) is 2. The second-order valence-corrected chi connectivity index (χ2v) is 8.23. The van der Waals surface area contributed by atoms with Gasteiger partial charge in [0, 0.05) is 31.1 Å². The average Bonchev–Trinajstić information content (AvgIpc) is 3.23. The van der Waals surface area contributed by atoms with Crippen LogP contribution in [0.1, 0.15) is 27.5 Å². The smallest absolute Gasteiger partial charge is 0.254 e. The number of methoxy groups -OCH3 is 1. The largest absolute Gasteiger partial charge is 0.496 e. The summed E-state index contributed by atoms with van der Waals surface area (Å²) in [7, 11) is 1.60. The van der Waals surface area contributed by atoms with E-state index in [2.05, 4.69) is 0 Å². The molecular formula is C23H26FN3O3. The number of hydrogen-bond donors (Lipinski definition) is 1. The molecular weight excluding hydrogens is 385 g/mol. The third kappa shape index (κ3) is 3.77. The Morgan fingerprint density at radius 1 is 1.17 bits per heavy atom. The zero-order valence-corrected chi connectivity index (χ0v) is 17.2. The maximum absolute atomic E-state index is 14.0. The van der Waals surface area contributed by atoms with Gasteiger partial charge in [0.1, 0.15) is 11.6 Å². The lowest BCUT2D eigenvalue weighted by atomic mass is 9.89. The molecule has 4 rings (SSSR count). The minimum atomic E-state index is -0.362. The van der Waals surface area contributed by atoms with Crippen molar-refractivity contribution in [2.75, 3.05) is 33.3 Å². The molecule has 2 aliphatic rings. The molecule has 0 spiro atoms. The molecule has 0 aliphatic carbocycles. The van der Waals surface area contributed by atoms with Gasteiger partial charge in [-0.25, -0.2) is 4.39 Å². The predicted molar refractivity (Wildman–Crippen MR) is 111 cm³/mol. The zero-order valence-electron chi connectivity index (χ0n) is 17.2. The van der Waals surface area contributed by atoms with Gasteiger partial charge in [-0.05, 0) is 54.3 Å². The van der Waals surface area contributed by atoms with Crippen molar-refractivity contribution in [2.24, 2.45) is 17.6 Å². The molecule has 2 aliphatic heterocycles. The van der Waals surface area contributed by atoms with Crippen molar-refractivity contribution in [2.45, 2.75) is 13.0 Å². The van der Waals surface area contributed by atoms with E-state index >= 15 is 0 Å². The number of carbonyl (C=O) groups is 2. The molecule has 2 N–H and O–H groups in total. The van der Waals surface area contributed by atoms with Crippen LogP contribution in [0.4, 0.5) is 4.39 Å². The van der Waals surface area contributed by atoms with Gasteiger partial charge in [-0.2, -0.15) is 0 Å². The van der Waals surface area contributed by atoms with Gasteiger partial charge >= 0.3 is 0 Å². The summed E-state index contributed by atoms with van der Waals surface area (Å²) in [6.45, 7) is 4.02. The fraction of sp³-hybridized carbons (Fsp3) is 0.391. The molecule has 6 nitrogen and oxygen atoms in total. The van der Waals surface area contributed by atoms with Crippen molar-refractivity contribution in [3.63, 3.8) is 0 Å². The molecule has 0 bridgehead atoms. The number of aryl methyl sites for hydroxylation is 1. The van der Waals surface area contributed by atoms with E-state index in [4.69, 9.17) is 10.5 Å². The van der Waals surface area contributed by atoms with Crippen molar-refractivity contribution in [1.29, 1.82) is 0 Å². The third-order valence-electron chi connectivity index (χ3n) is 6.21. The summed E-state index contributed by atoms with van der Waals surface area (Å²) in [5.74, 6) is 0.296. The van der Waals surface area contributed by atoms with E-state index < -0.39 is 0 Å². The molecule has 2 saturated heterocycles. The van der Waals surface area contributed by atoms with E-state index in [1.54, 1.807) is 25.3 Å². The molecule has 0 unspecified atom stereocenters. The van der Waals surface area contributed by atoms with E-state index in [9.17, 15) is 14.0 Å². The van der Waals surface area contributed by atoms with Crippen molar-refractivity contribution < 1.29 is 18.7 Å². The number of hydrogen-bond acceptors (Lipinski definition) is 4. The number of primary amides is 1. The fourth-order valence-corrected chi connectivity index (χ4v) is 4.99. The number of rotatable bonds is 5. The number of fused-ring (bicyclic) bond motifs is 1. The van der Waals surface area contributed by atoms with Crippen molar-refractivity contribution in [3.05, 3.63) is 65.0 Å². The zero-order chi connectivity index (χ0) is 21.4. The maximum Gasteiger partial charge on any atom is 0.254 e. The quantitative estimate of drug-likeness (QED) is 0.820. The Bertz CT molecular complexity index is 980. The van der Waals surface area contributed by atoms with E-state index in [0.717, 1.165) is 16.9 Å². The van der Waals surface area contributed by atoms with Gasteiger partial charge < -0.3 is 15.4 Å². The summed E-state index contributed by atoms with van der Waals surface area (Å²) in [5, 5.41) is 0. The molecule has 158 valence electrons. The van der Waals surface area contributed by atoms with E-state index in [1.807, 2.05) is 28.9 Å². The van der Waals surface area contributed by atoms with Crippen molar-refractivity contribution in [1.82, 2.24) is 9.80 Å². The lowest BCUT2D eigenvalue weighted by Gasteiger charge is -2.30. The van der Waals surface area contributed by atoms with Crippen LogP contribution < -0.4 is 10.5 Å². The van der Waals surface area contributed by atoms with Gasteiger partial charge in [0.25, 0.3) is 5.91 Å². The highest BCUT2D eigenvalue weighted by atomic mass is 19.1. The van der Waals surface area contributed by atoms with Gasteiger partial charge in [0.2, 0.25) is 5.91 Å². The number of nitrogens with two attached hydrogens (primary N) is 1. The van der Waals surface area contributed by atoms with Crippen molar-refractivity contribution >= 4 is 11.8 Å². The Morgan fingerprint density at radius 2 is 1.97 bits per heavy atom. The normalized spacial score (nSPS) is 23.4. The molecule has 0 aromatic heterocycles. The minimum Gasteiger partial charge on any atom is -0.496 e. The minimum absolute atomic E-state index is 0.0779. The van der Waals surface area contributed by atoms with Crippen molar-refractivity contribution in [3.8, 4) is 5.75 Å². The second kappa shape index (κ2) is 8.07. The third-order valence-corrected chi connectivity index (χ3v) is 6.21. The number of likely N-dealkylation sites (tertiary alicyclic amines) is 2. The summed E-state index contributed by atoms with van der Waals surface area (Å²) < 4.78 is 19.3. The molecule has 2 aromatic carbocycles. The SMILES string of the molecule is COc1ccc(C(=O)N2C[C@@H]3CN(CC(N)=O)C[C@@H]3[C@@H]2c2cccc(F)c2)cc1C. The van der Waals surface area contributed by atoms with E-state index in [0.29, 0.717) is 25.2 Å². The molecule has 7 heteroatoms. The lowest BCUT2D eigenvalue weighted by molar-refractivity contribution is -0.119. The fourth-order valence-electron chi connectivity index (χ4n) is 4.99. The van der Waals surface area contributed by atoms with Gasteiger partial charge in [0.15, 0.2) is 0 Å². The van der Waals surface area contributed by atoms with Crippen LogP contribution in [-0.2, 0) is 4.79 Å². The van der Waals surface area contributed by atoms with Gasteiger partial charge in [-0.15, -0.1) is 0 Å². The Balaban J connectivity index is 1.66. The van der Waals surface area contributed by atoms with Crippen LogP contribution in [0.25, 0.3) is 0 Å². The molecule has 0 saturated carbocycles. The lowest BCUT2D eigenvalue weighted by Crippen LogP contribution is -2.38. The topological polar surface area (TPSA) is 75.9 Å². The first-order valence-corrected chi connectivity index (χ1v) is 10.1.